The van der Waals surface area contributed by atoms with Gasteiger partial charge < -0.3 is 5.32 Å². The second-order valence-corrected chi connectivity index (χ2v) is 4.88. The fourth-order valence-corrected chi connectivity index (χ4v) is 2.42. The monoisotopic (exact) mass is 304 g/mol. The molecule has 2 aromatic rings. The van der Waals surface area contributed by atoms with E-state index in [1.54, 1.807) is 12.1 Å². The van der Waals surface area contributed by atoms with Crippen molar-refractivity contribution in [1.82, 2.24) is 4.98 Å². The van der Waals surface area contributed by atoms with E-state index in [0.717, 1.165) is 21.5 Å². The van der Waals surface area contributed by atoms with E-state index in [1.807, 2.05) is 38.1 Å². The fraction of sp³-hybridized carbons (Fsp3) is 0.143. The standard InChI is InChI=1S/C14H13BrN2O/c1-9-8-12(15)13(10(2)16-9)17-14(18)11-6-4-3-5-7-11/h3-8H,1-2H3,(H,17,18). The van der Waals surface area contributed by atoms with Crippen LogP contribution in [0.3, 0.4) is 0 Å². The predicted molar refractivity (Wildman–Crippen MR) is 75.8 cm³/mol. The number of halogens is 1. The summed E-state index contributed by atoms with van der Waals surface area (Å²) in [5.41, 5.74) is 3.06. The van der Waals surface area contributed by atoms with E-state index in [9.17, 15) is 4.79 Å². The number of hydrogen-bond donors (Lipinski definition) is 1. The molecule has 0 aliphatic heterocycles. The highest BCUT2D eigenvalue weighted by atomic mass is 79.9. The molecule has 0 saturated heterocycles. The second kappa shape index (κ2) is 5.31. The summed E-state index contributed by atoms with van der Waals surface area (Å²) in [6, 6.07) is 11.0. The van der Waals surface area contributed by atoms with Gasteiger partial charge in [0.2, 0.25) is 0 Å². The van der Waals surface area contributed by atoms with Gasteiger partial charge in [-0.2, -0.15) is 0 Å². The van der Waals surface area contributed by atoms with Gasteiger partial charge in [-0.3, -0.25) is 9.78 Å². The van der Waals surface area contributed by atoms with Gasteiger partial charge in [-0.15, -0.1) is 0 Å². The normalized spacial score (nSPS) is 10.2. The lowest BCUT2D eigenvalue weighted by molar-refractivity contribution is 0.102. The third-order valence-corrected chi connectivity index (χ3v) is 3.18. The molecule has 0 unspecified atom stereocenters. The van der Waals surface area contributed by atoms with E-state index >= 15 is 0 Å². The van der Waals surface area contributed by atoms with Gasteiger partial charge in [0.25, 0.3) is 5.91 Å². The first-order chi connectivity index (χ1) is 8.58. The first kappa shape index (κ1) is 12.8. The number of nitrogens with zero attached hydrogens (tertiary/aromatic N) is 1. The number of carbonyl (C=O) groups is 1. The highest BCUT2D eigenvalue weighted by Crippen LogP contribution is 2.26. The largest absolute Gasteiger partial charge is 0.319 e. The molecular weight excluding hydrogens is 292 g/mol. The van der Waals surface area contributed by atoms with E-state index < -0.39 is 0 Å². The molecule has 0 bridgehead atoms. The number of anilines is 1. The molecule has 0 aliphatic carbocycles. The van der Waals surface area contributed by atoms with Crippen molar-refractivity contribution in [2.45, 2.75) is 13.8 Å². The third-order valence-electron chi connectivity index (χ3n) is 2.55. The van der Waals surface area contributed by atoms with Gasteiger partial charge in [0.1, 0.15) is 0 Å². The summed E-state index contributed by atoms with van der Waals surface area (Å²) in [4.78, 5) is 16.4. The zero-order valence-corrected chi connectivity index (χ0v) is 11.8. The van der Waals surface area contributed by atoms with Gasteiger partial charge >= 0.3 is 0 Å². The first-order valence-electron chi connectivity index (χ1n) is 5.58. The van der Waals surface area contributed by atoms with Crippen molar-refractivity contribution in [3.8, 4) is 0 Å². The molecule has 1 aromatic carbocycles. The van der Waals surface area contributed by atoms with Crippen LogP contribution in [0, 0.1) is 13.8 Å². The molecule has 18 heavy (non-hydrogen) atoms. The summed E-state index contributed by atoms with van der Waals surface area (Å²) in [6.45, 7) is 3.79. The molecular formula is C14H13BrN2O. The van der Waals surface area contributed by atoms with Crippen LogP contribution in [0.2, 0.25) is 0 Å². The molecule has 0 saturated carbocycles. The van der Waals surface area contributed by atoms with Gasteiger partial charge in [0, 0.05) is 15.7 Å². The number of benzene rings is 1. The Hall–Kier alpha value is -1.68. The number of rotatable bonds is 2. The Morgan fingerprint density at radius 1 is 1.22 bits per heavy atom. The lowest BCUT2D eigenvalue weighted by Crippen LogP contribution is -2.13. The Morgan fingerprint density at radius 2 is 1.89 bits per heavy atom. The SMILES string of the molecule is Cc1cc(Br)c(NC(=O)c2ccccc2)c(C)n1. The lowest BCUT2D eigenvalue weighted by atomic mass is 10.2. The average Bonchev–Trinajstić information content (AvgIpc) is 2.34. The number of aromatic nitrogens is 1. The number of amides is 1. The van der Waals surface area contributed by atoms with Gasteiger partial charge in [-0.1, -0.05) is 18.2 Å². The van der Waals surface area contributed by atoms with Crippen LogP contribution in [-0.4, -0.2) is 10.9 Å². The van der Waals surface area contributed by atoms with Crippen molar-refractivity contribution in [2.24, 2.45) is 0 Å². The minimum absolute atomic E-state index is 0.134. The number of nitrogens with one attached hydrogen (secondary N) is 1. The topological polar surface area (TPSA) is 42.0 Å². The zero-order chi connectivity index (χ0) is 13.1. The maximum atomic E-state index is 12.0. The molecule has 1 N–H and O–H groups in total. The van der Waals surface area contributed by atoms with Crippen molar-refractivity contribution in [3.05, 3.63) is 57.8 Å². The van der Waals surface area contributed by atoms with Crippen molar-refractivity contribution >= 4 is 27.5 Å². The highest BCUT2D eigenvalue weighted by Gasteiger charge is 2.11. The molecule has 0 aliphatic rings. The molecule has 0 spiro atoms. The minimum atomic E-state index is -0.134. The number of pyridine rings is 1. The fourth-order valence-electron chi connectivity index (χ4n) is 1.71. The molecule has 1 aromatic heterocycles. The molecule has 2 rings (SSSR count). The van der Waals surface area contributed by atoms with Gasteiger partial charge in [0.15, 0.2) is 0 Å². The van der Waals surface area contributed by atoms with Crippen LogP contribution in [0.5, 0.6) is 0 Å². The molecule has 92 valence electrons. The summed E-state index contributed by atoms with van der Waals surface area (Å²) in [5, 5.41) is 2.87. The van der Waals surface area contributed by atoms with E-state index in [2.05, 4.69) is 26.2 Å². The maximum Gasteiger partial charge on any atom is 0.255 e. The Bertz CT molecular complexity index is 559. The van der Waals surface area contributed by atoms with Crippen molar-refractivity contribution < 1.29 is 4.79 Å². The molecule has 4 heteroatoms. The van der Waals surface area contributed by atoms with Crippen LogP contribution in [0.25, 0.3) is 0 Å². The van der Waals surface area contributed by atoms with Crippen LogP contribution in [0.1, 0.15) is 21.7 Å². The third kappa shape index (κ3) is 2.76. The maximum absolute atomic E-state index is 12.0. The van der Waals surface area contributed by atoms with Crippen LogP contribution in [-0.2, 0) is 0 Å². The molecule has 3 nitrogen and oxygen atoms in total. The quantitative estimate of drug-likeness (QED) is 0.919. The molecule has 0 fully saturated rings. The second-order valence-electron chi connectivity index (χ2n) is 4.03. The van der Waals surface area contributed by atoms with Gasteiger partial charge in [-0.25, -0.2) is 0 Å². The summed E-state index contributed by atoms with van der Waals surface area (Å²) < 4.78 is 0.844. The lowest BCUT2D eigenvalue weighted by Gasteiger charge is -2.10. The van der Waals surface area contributed by atoms with Crippen LogP contribution < -0.4 is 5.32 Å². The number of carbonyl (C=O) groups excluding carboxylic acids is 1. The van der Waals surface area contributed by atoms with E-state index in [4.69, 9.17) is 0 Å². The average molecular weight is 305 g/mol. The molecule has 1 heterocycles. The van der Waals surface area contributed by atoms with Gasteiger partial charge in [-0.05, 0) is 48.0 Å². The summed E-state index contributed by atoms with van der Waals surface area (Å²) in [5.74, 6) is -0.134. The Labute approximate surface area is 114 Å². The number of hydrogen-bond acceptors (Lipinski definition) is 2. The zero-order valence-electron chi connectivity index (χ0n) is 10.2. The first-order valence-corrected chi connectivity index (χ1v) is 6.37. The van der Waals surface area contributed by atoms with E-state index in [0.29, 0.717) is 5.56 Å². The van der Waals surface area contributed by atoms with E-state index in [1.165, 1.54) is 0 Å². The van der Waals surface area contributed by atoms with Crippen LogP contribution in [0.4, 0.5) is 5.69 Å². The Balaban J connectivity index is 2.28. The van der Waals surface area contributed by atoms with Crippen molar-refractivity contribution in [3.63, 3.8) is 0 Å². The number of aryl methyl sites for hydroxylation is 2. The Morgan fingerprint density at radius 3 is 2.50 bits per heavy atom. The molecule has 0 atom stereocenters. The Kier molecular flexibility index (Phi) is 3.77. The minimum Gasteiger partial charge on any atom is -0.319 e. The summed E-state index contributed by atoms with van der Waals surface area (Å²) in [6.07, 6.45) is 0. The van der Waals surface area contributed by atoms with Crippen LogP contribution >= 0.6 is 15.9 Å². The smallest absolute Gasteiger partial charge is 0.255 e. The van der Waals surface area contributed by atoms with Crippen molar-refractivity contribution in [1.29, 1.82) is 0 Å². The molecule has 0 radical (unpaired) electrons. The highest BCUT2D eigenvalue weighted by molar-refractivity contribution is 9.10. The van der Waals surface area contributed by atoms with Gasteiger partial charge in [0.05, 0.1) is 11.4 Å². The predicted octanol–water partition coefficient (Wildman–Crippen LogP) is 3.71. The van der Waals surface area contributed by atoms with Crippen LogP contribution in [0.15, 0.2) is 40.9 Å². The summed E-state index contributed by atoms with van der Waals surface area (Å²) in [7, 11) is 0. The van der Waals surface area contributed by atoms with Crippen molar-refractivity contribution in [2.75, 3.05) is 5.32 Å². The summed E-state index contributed by atoms with van der Waals surface area (Å²) >= 11 is 3.44. The van der Waals surface area contributed by atoms with E-state index in [-0.39, 0.29) is 5.91 Å². The molecule has 1 amide bonds.